The molecule has 2 atom stereocenters. The van der Waals surface area contributed by atoms with E-state index in [0.717, 1.165) is 23.5 Å². The minimum atomic E-state index is -1.16. The van der Waals surface area contributed by atoms with Gasteiger partial charge in [0.1, 0.15) is 5.60 Å². The molecule has 2 aromatic carbocycles. The van der Waals surface area contributed by atoms with Crippen LogP contribution in [0.25, 0.3) is 11.1 Å². The summed E-state index contributed by atoms with van der Waals surface area (Å²) in [5, 5.41) is 13.6. The van der Waals surface area contributed by atoms with Gasteiger partial charge in [0.05, 0.1) is 18.0 Å². The molecule has 2 heterocycles. The Morgan fingerprint density at radius 1 is 1.00 bits per heavy atom. The predicted octanol–water partition coefficient (Wildman–Crippen LogP) is 2.76. The Morgan fingerprint density at radius 2 is 1.62 bits per heavy atom. The molecule has 0 unspecified atom stereocenters. The Labute approximate surface area is 188 Å². The SMILES string of the molecule is C[C@@H]1CN(C(=O)C2(O)CC2)C[C@H](C)N1C(=O)c1ccc(-c2ccc3c(c2)NCN3C)cc1. The van der Waals surface area contributed by atoms with Crippen LogP contribution in [-0.2, 0) is 4.79 Å². The zero-order chi connectivity index (χ0) is 22.6. The average molecular weight is 435 g/mol. The molecule has 7 nitrogen and oxygen atoms in total. The lowest BCUT2D eigenvalue weighted by Gasteiger charge is -2.45. The lowest BCUT2D eigenvalue weighted by molar-refractivity contribution is -0.146. The van der Waals surface area contributed by atoms with Crippen molar-refractivity contribution in [1.29, 1.82) is 0 Å². The van der Waals surface area contributed by atoms with Crippen LogP contribution in [-0.4, -0.2) is 71.2 Å². The van der Waals surface area contributed by atoms with E-state index in [0.29, 0.717) is 31.5 Å². The van der Waals surface area contributed by atoms with Crippen LogP contribution < -0.4 is 10.2 Å². The molecular formula is C25H30N4O3. The molecule has 0 radical (unpaired) electrons. The molecular weight excluding hydrogens is 404 g/mol. The Kier molecular flexibility index (Phi) is 4.89. The van der Waals surface area contributed by atoms with E-state index in [4.69, 9.17) is 0 Å². The van der Waals surface area contributed by atoms with E-state index in [1.165, 1.54) is 5.69 Å². The number of fused-ring (bicyclic) bond motifs is 1. The molecule has 32 heavy (non-hydrogen) atoms. The van der Waals surface area contributed by atoms with Crippen LogP contribution in [0.3, 0.4) is 0 Å². The van der Waals surface area contributed by atoms with Gasteiger partial charge in [-0.15, -0.1) is 0 Å². The standard InChI is InChI=1S/C25H30N4O3/c1-16-13-28(24(31)25(32)10-11-25)14-17(2)29(16)23(30)19-6-4-18(5-7-19)20-8-9-22-21(12-20)26-15-27(22)3/h4-9,12,16-17,26,32H,10-11,13-15H2,1-3H3/t16-,17+. The Hall–Kier alpha value is -3.06. The quantitative estimate of drug-likeness (QED) is 0.777. The number of nitrogens with one attached hydrogen (secondary N) is 1. The van der Waals surface area contributed by atoms with E-state index in [1.807, 2.05) is 43.0 Å². The van der Waals surface area contributed by atoms with Gasteiger partial charge in [0, 0.05) is 37.8 Å². The molecule has 2 aliphatic heterocycles. The van der Waals surface area contributed by atoms with Crippen molar-refractivity contribution >= 4 is 23.2 Å². The molecule has 1 saturated heterocycles. The number of nitrogens with zero attached hydrogens (tertiary/aromatic N) is 3. The molecule has 168 valence electrons. The molecule has 1 aliphatic carbocycles. The van der Waals surface area contributed by atoms with Crippen LogP contribution in [0.1, 0.15) is 37.0 Å². The fourth-order valence-corrected chi connectivity index (χ4v) is 4.95. The van der Waals surface area contributed by atoms with Gasteiger partial charge >= 0.3 is 0 Å². The highest BCUT2D eigenvalue weighted by molar-refractivity contribution is 5.96. The lowest BCUT2D eigenvalue weighted by Crippen LogP contribution is -2.61. The topological polar surface area (TPSA) is 76.1 Å². The first-order chi connectivity index (χ1) is 15.3. The summed E-state index contributed by atoms with van der Waals surface area (Å²) in [7, 11) is 2.06. The van der Waals surface area contributed by atoms with Crippen LogP contribution in [0.2, 0.25) is 0 Å². The molecule has 3 aliphatic rings. The third kappa shape index (κ3) is 3.50. The Bertz CT molecular complexity index is 1050. The van der Waals surface area contributed by atoms with E-state index >= 15 is 0 Å². The number of rotatable bonds is 3. The maximum Gasteiger partial charge on any atom is 0.254 e. The molecule has 2 N–H and O–H groups in total. The van der Waals surface area contributed by atoms with Crippen molar-refractivity contribution in [3.8, 4) is 11.1 Å². The summed E-state index contributed by atoms with van der Waals surface area (Å²) in [6, 6.07) is 13.9. The van der Waals surface area contributed by atoms with Gasteiger partial charge in [0.2, 0.25) is 0 Å². The van der Waals surface area contributed by atoms with Crippen molar-refractivity contribution in [1.82, 2.24) is 9.80 Å². The van der Waals surface area contributed by atoms with Crippen LogP contribution in [0, 0.1) is 0 Å². The second-order valence-electron chi connectivity index (χ2n) is 9.49. The molecule has 0 spiro atoms. The molecule has 0 bridgehead atoms. The second-order valence-corrected chi connectivity index (χ2v) is 9.49. The van der Waals surface area contributed by atoms with Gasteiger partial charge in [0.15, 0.2) is 0 Å². The van der Waals surface area contributed by atoms with Crippen LogP contribution in [0.5, 0.6) is 0 Å². The van der Waals surface area contributed by atoms with Gasteiger partial charge in [-0.05, 0) is 62.1 Å². The van der Waals surface area contributed by atoms with Crippen molar-refractivity contribution in [2.24, 2.45) is 0 Å². The normalized spacial score (nSPS) is 23.6. The highest BCUT2D eigenvalue weighted by Crippen LogP contribution is 2.38. The molecule has 5 rings (SSSR count). The van der Waals surface area contributed by atoms with Gasteiger partial charge in [-0.25, -0.2) is 0 Å². The maximum absolute atomic E-state index is 13.3. The summed E-state index contributed by atoms with van der Waals surface area (Å²) in [4.78, 5) is 31.6. The fourth-order valence-electron chi connectivity index (χ4n) is 4.95. The first-order valence-corrected chi connectivity index (χ1v) is 11.3. The summed E-state index contributed by atoms with van der Waals surface area (Å²) in [6.07, 6.45) is 1.08. The Morgan fingerprint density at radius 3 is 2.25 bits per heavy atom. The van der Waals surface area contributed by atoms with Crippen molar-refractivity contribution in [3.63, 3.8) is 0 Å². The number of carbonyl (C=O) groups excluding carboxylic acids is 2. The smallest absolute Gasteiger partial charge is 0.254 e. The molecule has 1 saturated carbocycles. The summed E-state index contributed by atoms with van der Waals surface area (Å²) in [5.74, 6) is -0.214. The summed E-state index contributed by atoms with van der Waals surface area (Å²) in [6.45, 7) is 5.64. The molecule has 2 aromatic rings. The monoisotopic (exact) mass is 434 g/mol. The van der Waals surface area contributed by atoms with E-state index in [9.17, 15) is 14.7 Å². The fraction of sp³-hybridized carbons (Fsp3) is 0.440. The molecule has 2 fully saturated rings. The van der Waals surface area contributed by atoms with E-state index in [1.54, 1.807) is 4.90 Å². The largest absolute Gasteiger partial charge is 0.380 e. The first-order valence-electron chi connectivity index (χ1n) is 11.3. The number of amides is 2. The third-order valence-corrected chi connectivity index (χ3v) is 6.94. The summed E-state index contributed by atoms with van der Waals surface area (Å²) < 4.78 is 0. The number of aliphatic hydroxyl groups is 1. The van der Waals surface area contributed by atoms with Gasteiger partial charge in [-0.2, -0.15) is 0 Å². The predicted molar refractivity (Wildman–Crippen MR) is 125 cm³/mol. The number of carbonyl (C=O) groups is 2. The number of piperazine rings is 1. The van der Waals surface area contributed by atoms with Crippen molar-refractivity contribution < 1.29 is 14.7 Å². The number of anilines is 2. The average Bonchev–Trinajstić information content (AvgIpc) is 3.44. The van der Waals surface area contributed by atoms with Gasteiger partial charge < -0.3 is 25.1 Å². The number of benzene rings is 2. The van der Waals surface area contributed by atoms with E-state index in [2.05, 4.69) is 35.5 Å². The highest BCUT2D eigenvalue weighted by Gasteiger charge is 2.51. The minimum absolute atomic E-state index is 0.0222. The molecule has 7 heteroatoms. The van der Waals surface area contributed by atoms with Crippen molar-refractivity contribution in [2.75, 3.05) is 37.0 Å². The highest BCUT2D eigenvalue weighted by atomic mass is 16.3. The Balaban J connectivity index is 1.30. The van der Waals surface area contributed by atoms with Crippen LogP contribution in [0.15, 0.2) is 42.5 Å². The lowest BCUT2D eigenvalue weighted by atomic mass is 10.0. The first kappa shape index (κ1) is 20.8. The number of hydrogen-bond acceptors (Lipinski definition) is 5. The van der Waals surface area contributed by atoms with Gasteiger partial charge in [-0.3, -0.25) is 9.59 Å². The van der Waals surface area contributed by atoms with Crippen LogP contribution in [0.4, 0.5) is 11.4 Å². The van der Waals surface area contributed by atoms with Crippen molar-refractivity contribution in [2.45, 2.75) is 44.4 Å². The van der Waals surface area contributed by atoms with E-state index in [-0.39, 0.29) is 23.9 Å². The zero-order valence-corrected chi connectivity index (χ0v) is 18.8. The second kappa shape index (κ2) is 7.52. The van der Waals surface area contributed by atoms with Gasteiger partial charge in [0.25, 0.3) is 11.8 Å². The summed E-state index contributed by atoms with van der Waals surface area (Å²) >= 11 is 0. The third-order valence-electron chi connectivity index (χ3n) is 6.94. The number of hydrogen-bond donors (Lipinski definition) is 2. The van der Waals surface area contributed by atoms with Gasteiger partial charge in [-0.1, -0.05) is 18.2 Å². The molecule has 0 aromatic heterocycles. The van der Waals surface area contributed by atoms with E-state index < -0.39 is 5.60 Å². The summed E-state index contributed by atoms with van der Waals surface area (Å²) in [5.41, 5.74) is 3.97. The molecule has 2 amide bonds. The maximum atomic E-state index is 13.3. The van der Waals surface area contributed by atoms with Crippen molar-refractivity contribution in [3.05, 3.63) is 48.0 Å². The van der Waals surface area contributed by atoms with Crippen LogP contribution >= 0.6 is 0 Å². The zero-order valence-electron chi connectivity index (χ0n) is 18.8. The minimum Gasteiger partial charge on any atom is -0.380 e.